The lowest BCUT2D eigenvalue weighted by Gasteiger charge is -2.28. The summed E-state index contributed by atoms with van der Waals surface area (Å²) in [5.74, 6) is -0.338. The van der Waals surface area contributed by atoms with E-state index in [4.69, 9.17) is 9.26 Å². The van der Waals surface area contributed by atoms with Crippen LogP contribution in [0, 0.1) is 0 Å². The van der Waals surface area contributed by atoms with Crippen LogP contribution in [0.2, 0.25) is 0 Å². The number of esters is 1. The van der Waals surface area contributed by atoms with Crippen LogP contribution >= 0.6 is 8.45 Å². The molecule has 126 valence electrons. The number of rotatable bonds is 4. The summed E-state index contributed by atoms with van der Waals surface area (Å²) in [5.41, 5.74) is 0.846. The van der Waals surface area contributed by atoms with E-state index in [0.717, 1.165) is 5.56 Å². The molecule has 1 aromatic rings. The first-order valence-electron chi connectivity index (χ1n) is 8.18. The van der Waals surface area contributed by atoms with Crippen LogP contribution in [0.4, 0.5) is 0 Å². The van der Waals surface area contributed by atoms with Crippen LogP contribution < -0.4 is 0 Å². The Morgan fingerprint density at radius 1 is 1.13 bits per heavy atom. The lowest BCUT2D eigenvalue weighted by atomic mass is 9.91. The van der Waals surface area contributed by atoms with Crippen molar-refractivity contribution in [2.75, 3.05) is 21.2 Å². The molecular formula is C17H25N2O3P. The van der Waals surface area contributed by atoms with Gasteiger partial charge in [-0.15, -0.1) is 0 Å². The second kappa shape index (κ2) is 7.27. The zero-order valence-electron chi connectivity index (χ0n) is 14.0. The van der Waals surface area contributed by atoms with Gasteiger partial charge in [-0.1, -0.05) is 43.2 Å². The van der Waals surface area contributed by atoms with Gasteiger partial charge in [-0.05, 0) is 32.5 Å². The number of fused-ring (bicyclic) bond motifs is 1. The summed E-state index contributed by atoms with van der Waals surface area (Å²) in [6.07, 6.45) is 4.31. The molecule has 1 saturated carbocycles. The highest BCUT2D eigenvalue weighted by atomic mass is 31.2. The Morgan fingerprint density at radius 2 is 1.70 bits per heavy atom. The number of methoxy groups -OCH3 is 1. The molecule has 1 saturated heterocycles. The Hall–Kier alpha value is -1.00. The summed E-state index contributed by atoms with van der Waals surface area (Å²) in [6.45, 7) is 0. The lowest BCUT2D eigenvalue weighted by Crippen LogP contribution is -2.37. The van der Waals surface area contributed by atoms with E-state index in [1.807, 2.05) is 30.3 Å². The minimum atomic E-state index is -0.953. The number of hydrogen-bond acceptors (Lipinski definition) is 5. The molecule has 2 aliphatic rings. The molecule has 3 rings (SSSR count). The van der Waals surface area contributed by atoms with Gasteiger partial charge in [0.15, 0.2) is 14.6 Å². The molecule has 0 unspecified atom stereocenters. The average Bonchev–Trinajstić information content (AvgIpc) is 2.84. The van der Waals surface area contributed by atoms with E-state index >= 15 is 0 Å². The van der Waals surface area contributed by atoms with Crippen LogP contribution in [0.3, 0.4) is 0 Å². The summed E-state index contributed by atoms with van der Waals surface area (Å²) in [5, 5.41) is 0. The number of likely N-dealkylation sites (N-methyl/N-ethyl adjacent to an activating group) is 2. The number of ether oxygens (including phenoxy) is 1. The van der Waals surface area contributed by atoms with Crippen LogP contribution in [0.25, 0.3) is 0 Å². The molecule has 1 aliphatic heterocycles. The fourth-order valence-corrected chi connectivity index (χ4v) is 5.84. The van der Waals surface area contributed by atoms with Crippen molar-refractivity contribution in [3.05, 3.63) is 35.9 Å². The standard InChI is InChI=1S/C17H25N2O3P/c1-18-14-11-7-8-12-15(14)19(2)23(18)22-16(17(20)21-3)13-9-5-4-6-10-13/h4-6,9-10,14-16H,7-8,11-12H2,1-3H3/t14-,15-,16+/m1/s1. The van der Waals surface area contributed by atoms with Gasteiger partial charge < -0.3 is 9.26 Å². The van der Waals surface area contributed by atoms with Crippen LogP contribution in [0.1, 0.15) is 37.4 Å². The van der Waals surface area contributed by atoms with Gasteiger partial charge in [-0.2, -0.15) is 0 Å². The Bertz CT molecular complexity index is 524. The first-order chi connectivity index (χ1) is 11.1. The maximum Gasteiger partial charge on any atom is 0.340 e. The Morgan fingerprint density at radius 3 is 2.22 bits per heavy atom. The fraction of sp³-hybridized carbons (Fsp3) is 0.588. The van der Waals surface area contributed by atoms with Crippen molar-refractivity contribution in [1.82, 2.24) is 9.34 Å². The second-order valence-electron chi connectivity index (χ2n) is 6.24. The first kappa shape index (κ1) is 16.8. The predicted molar refractivity (Wildman–Crippen MR) is 90.8 cm³/mol. The van der Waals surface area contributed by atoms with E-state index < -0.39 is 14.6 Å². The predicted octanol–water partition coefficient (Wildman–Crippen LogP) is 3.33. The van der Waals surface area contributed by atoms with Gasteiger partial charge in [0.05, 0.1) is 7.11 Å². The van der Waals surface area contributed by atoms with Crippen molar-refractivity contribution in [2.45, 2.75) is 43.9 Å². The highest BCUT2D eigenvalue weighted by Gasteiger charge is 2.47. The molecule has 6 heteroatoms. The first-order valence-corrected chi connectivity index (χ1v) is 9.35. The summed E-state index contributed by atoms with van der Waals surface area (Å²) in [7, 11) is 4.71. The van der Waals surface area contributed by atoms with Gasteiger partial charge in [0.2, 0.25) is 0 Å². The van der Waals surface area contributed by atoms with E-state index in [1.165, 1.54) is 32.8 Å². The minimum absolute atomic E-state index is 0.338. The average molecular weight is 336 g/mol. The Labute approximate surface area is 139 Å². The summed E-state index contributed by atoms with van der Waals surface area (Å²) in [4.78, 5) is 12.3. The third kappa shape index (κ3) is 3.29. The third-order valence-electron chi connectivity index (χ3n) is 4.91. The van der Waals surface area contributed by atoms with Gasteiger partial charge in [-0.3, -0.25) is 0 Å². The normalized spacial score (nSPS) is 27.6. The summed E-state index contributed by atoms with van der Waals surface area (Å²) < 4.78 is 15.9. The molecule has 2 fully saturated rings. The van der Waals surface area contributed by atoms with Crippen molar-refractivity contribution in [2.24, 2.45) is 0 Å². The highest BCUT2D eigenvalue weighted by molar-refractivity contribution is 7.47. The SMILES string of the molecule is COC(=O)[C@@H](OP1N(C)[C@@H]2CCCC[C@H]2N1C)c1ccccc1. The maximum absolute atomic E-state index is 12.3. The van der Waals surface area contributed by atoms with Crippen molar-refractivity contribution in [3.8, 4) is 0 Å². The molecule has 5 nitrogen and oxygen atoms in total. The van der Waals surface area contributed by atoms with Gasteiger partial charge in [0, 0.05) is 12.1 Å². The van der Waals surface area contributed by atoms with Crippen LogP contribution in [0.15, 0.2) is 30.3 Å². The van der Waals surface area contributed by atoms with Crippen molar-refractivity contribution < 1.29 is 14.1 Å². The van der Waals surface area contributed by atoms with Gasteiger partial charge in [0.25, 0.3) is 0 Å². The zero-order chi connectivity index (χ0) is 16.4. The Kier molecular flexibility index (Phi) is 5.32. The zero-order valence-corrected chi connectivity index (χ0v) is 14.9. The van der Waals surface area contributed by atoms with E-state index in [1.54, 1.807) is 0 Å². The number of benzene rings is 1. The number of hydrogen-bond donors (Lipinski definition) is 0. The molecule has 0 spiro atoms. The molecule has 0 N–H and O–H groups in total. The highest BCUT2D eigenvalue weighted by Crippen LogP contribution is 2.58. The smallest absolute Gasteiger partial charge is 0.340 e. The second-order valence-corrected chi connectivity index (χ2v) is 8.22. The molecule has 0 radical (unpaired) electrons. The maximum atomic E-state index is 12.3. The van der Waals surface area contributed by atoms with E-state index in [9.17, 15) is 4.79 Å². The molecule has 0 amide bonds. The topological polar surface area (TPSA) is 42.0 Å². The molecule has 0 bridgehead atoms. The monoisotopic (exact) mass is 336 g/mol. The fourth-order valence-electron chi connectivity index (χ4n) is 3.66. The molecule has 1 aromatic carbocycles. The molecule has 1 heterocycles. The number of carbonyl (C=O) groups is 1. The number of nitrogens with zero attached hydrogens (tertiary/aromatic N) is 2. The largest absolute Gasteiger partial charge is 0.467 e. The Balaban J connectivity index is 1.81. The van der Waals surface area contributed by atoms with Crippen molar-refractivity contribution in [1.29, 1.82) is 0 Å². The molecular weight excluding hydrogens is 311 g/mol. The molecule has 0 aromatic heterocycles. The van der Waals surface area contributed by atoms with E-state index in [-0.39, 0.29) is 5.97 Å². The van der Waals surface area contributed by atoms with Crippen molar-refractivity contribution in [3.63, 3.8) is 0 Å². The van der Waals surface area contributed by atoms with Crippen LogP contribution in [0.5, 0.6) is 0 Å². The minimum Gasteiger partial charge on any atom is -0.467 e. The number of carbonyl (C=O) groups excluding carboxylic acids is 1. The molecule has 3 atom stereocenters. The quantitative estimate of drug-likeness (QED) is 0.623. The van der Waals surface area contributed by atoms with Crippen LogP contribution in [-0.2, 0) is 14.1 Å². The summed E-state index contributed by atoms with van der Waals surface area (Å²) >= 11 is 0. The van der Waals surface area contributed by atoms with Gasteiger partial charge in [-0.25, -0.2) is 14.1 Å². The van der Waals surface area contributed by atoms with E-state index in [2.05, 4.69) is 23.4 Å². The molecule has 23 heavy (non-hydrogen) atoms. The van der Waals surface area contributed by atoms with Crippen molar-refractivity contribution >= 4 is 14.4 Å². The summed E-state index contributed by atoms with van der Waals surface area (Å²) in [6, 6.07) is 10.7. The third-order valence-corrected chi connectivity index (χ3v) is 6.98. The van der Waals surface area contributed by atoms with Crippen LogP contribution in [-0.4, -0.2) is 48.6 Å². The lowest BCUT2D eigenvalue weighted by molar-refractivity contribution is -0.149. The van der Waals surface area contributed by atoms with Gasteiger partial charge in [0.1, 0.15) is 0 Å². The molecule has 1 aliphatic carbocycles. The van der Waals surface area contributed by atoms with Gasteiger partial charge >= 0.3 is 5.97 Å². The van der Waals surface area contributed by atoms with E-state index in [0.29, 0.717) is 12.1 Å².